The number of aryl methyl sites for hydroxylation is 1. The van der Waals surface area contributed by atoms with Crippen molar-refractivity contribution in [3.63, 3.8) is 0 Å². The number of rotatable bonds is 10. The predicted octanol–water partition coefficient (Wildman–Crippen LogP) is 3.57. The lowest BCUT2D eigenvalue weighted by atomic mass is 9.87. The van der Waals surface area contributed by atoms with Crippen LogP contribution in [-0.4, -0.2) is 62.8 Å². The average Bonchev–Trinajstić information content (AvgIpc) is 3.53. The van der Waals surface area contributed by atoms with Crippen LogP contribution in [0.2, 0.25) is 0 Å². The molecule has 1 N–H and O–H groups in total. The summed E-state index contributed by atoms with van der Waals surface area (Å²) >= 11 is 0. The zero-order valence-electron chi connectivity index (χ0n) is 24.2. The molecule has 5 rings (SSSR count). The van der Waals surface area contributed by atoms with Gasteiger partial charge in [0.15, 0.2) is 21.3 Å². The molecular weight excluding hydrogens is 598 g/mol. The Morgan fingerprint density at radius 3 is 2.21 bits per heavy atom. The largest absolute Gasteiger partial charge is 0.472 e. The molecule has 0 fully saturated rings. The molecule has 0 atom stereocenters. The van der Waals surface area contributed by atoms with E-state index in [0.717, 1.165) is 24.2 Å². The van der Waals surface area contributed by atoms with Crippen molar-refractivity contribution in [1.82, 2.24) is 19.7 Å². The molecule has 0 spiro atoms. The molecule has 43 heavy (non-hydrogen) atoms. The summed E-state index contributed by atoms with van der Waals surface area (Å²) in [5.41, 5.74) is 1.83. The summed E-state index contributed by atoms with van der Waals surface area (Å²) in [5.74, 6) is 1.37. The monoisotopic (exact) mass is 629 g/mol. The van der Waals surface area contributed by atoms with Crippen LogP contribution in [0.4, 0.5) is 5.82 Å². The number of fused-ring (bicyclic) bond motifs is 1. The predicted molar refractivity (Wildman–Crippen MR) is 157 cm³/mol. The van der Waals surface area contributed by atoms with Crippen LogP contribution in [-0.2, 0) is 32.3 Å². The van der Waals surface area contributed by atoms with Crippen LogP contribution < -0.4 is 23.7 Å². The summed E-state index contributed by atoms with van der Waals surface area (Å²) in [4.78, 5) is 7.87. The molecule has 1 aliphatic rings. The summed E-state index contributed by atoms with van der Waals surface area (Å²) in [7, 11) is -5.85. The van der Waals surface area contributed by atoms with Crippen LogP contribution in [0.3, 0.4) is 0 Å². The number of benzene rings is 2. The zero-order chi connectivity index (χ0) is 31.0. The van der Waals surface area contributed by atoms with Gasteiger partial charge in [0.2, 0.25) is 12.7 Å². The first-order chi connectivity index (χ1) is 20.2. The molecular formula is C28H31N5O8S2. The number of sulfone groups is 1. The van der Waals surface area contributed by atoms with E-state index in [0.29, 0.717) is 22.6 Å². The van der Waals surface area contributed by atoms with Crippen LogP contribution in [0.1, 0.15) is 26.3 Å². The van der Waals surface area contributed by atoms with Gasteiger partial charge < -0.3 is 18.9 Å². The molecule has 3 heterocycles. The fourth-order valence-electron chi connectivity index (χ4n) is 4.19. The minimum absolute atomic E-state index is 0.00341. The molecule has 4 aromatic rings. The third kappa shape index (κ3) is 6.67. The first-order valence-electron chi connectivity index (χ1n) is 13.1. The Morgan fingerprint density at radius 2 is 1.56 bits per heavy atom. The van der Waals surface area contributed by atoms with E-state index < -0.39 is 19.9 Å². The second-order valence-corrected chi connectivity index (χ2v) is 14.5. The average molecular weight is 630 g/mol. The van der Waals surface area contributed by atoms with Gasteiger partial charge in [-0.15, -0.1) is 5.10 Å². The molecule has 1 aliphatic heterocycles. The molecule has 0 amide bonds. The first kappa shape index (κ1) is 30.1. The summed E-state index contributed by atoms with van der Waals surface area (Å²) in [5, 5.41) is 4.43. The normalized spacial score (nSPS) is 13.1. The van der Waals surface area contributed by atoms with Gasteiger partial charge in [-0.3, -0.25) is 4.72 Å². The van der Waals surface area contributed by atoms with Crippen molar-refractivity contribution in [2.45, 2.75) is 36.0 Å². The SMILES string of the molecule is Cn1nc(OCCOc2ncc(S(C)(=O)=O)cn2)c(-c2ccc3c(c2)OCO3)c1NS(=O)(=O)c1ccc(C(C)(C)C)cc1. The molecule has 0 saturated carbocycles. The quantitative estimate of drug-likeness (QED) is 0.255. The van der Waals surface area contributed by atoms with Crippen molar-refractivity contribution >= 4 is 25.7 Å². The maximum absolute atomic E-state index is 13.5. The van der Waals surface area contributed by atoms with E-state index in [4.69, 9.17) is 18.9 Å². The lowest BCUT2D eigenvalue weighted by molar-refractivity contribution is 0.174. The Balaban J connectivity index is 1.40. The van der Waals surface area contributed by atoms with Crippen LogP contribution in [0.5, 0.6) is 23.4 Å². The van der Waals surface area contributed by atoms with Gasteiger partial charge in [0.25, 0.3) is 10.0 Å². The molecule has 228 valence electrons. The highest BCUT2D eigenvalue weighted by atomic mass is 32.2. The number of sulfonamides is 1. The molecule has 15 heteroatoms. The number of ether oxygens (including phenoxy) is 4. The van der Waals surface area contributed by atoms with Gasteiger partial charge in [-0.1, -0.05) is 39.0 Å². The highest BCUT2D eigenvalue weighted by Crippen LogP contribution is 2.42. The lowest BCUT2D eigenvalue weighted by Gasteiger charge is -2.19. The Hall–Kier alpha value is -4.37. The summed E-state index contributed by atoms with van der Waals surface area (Å²) in [6, 6.07) is 11.9. The molecule has 13 nitrogen and oxygen atoms in total. The number of anilines is 1. The molecule has 0 radical (unpaired) electrons. The highest BCUT2D eigenvalue weighted by Gasteiger charge is 2.27. The number of nitrogens with one attached hydrogen (secondary N) is 1. The summed E-state index contributed by atoms with van der Waals surface area (Å²) in [6.07, 6.45) is 3.37. The smallest absolute Gasteiger partial charge is 0.316 e. The summed E-state index contributed by atoms with van der Waals surface area (Å²) < 4.78 is 76.6. The van der Waals surface area contributed by atoms with Crippen LogP contribution in [0.25, 0.3) is 11.1 Å². The van der Waals surface area contributed by atoms with Gasteiger partial charge in [0, 0.05) is 13.3 Å². The van der Waals surface area contributed by atoms with E-state index in [1.54, 1.807) is 49.5 Å². The van der Waals surface area contributed by atoms with E-state index in [2.05, 4.69) is 40.6 Å². The topological polar surface area (TPSA) is 161 Å². The van der Waals surface area contributed by atoms with Crippen molar-refractivity contribution in [3.05, 3.63) is 60.4 Å². The standard InChI is InChI=1S/C28H31N5O8S2/c1-28(2,3)19-7-9-20(10-8-19)43(36,37)32-25-24(18-6-11-22-23(14-18)41-17-40-22)26(31-33(25)4)38-12-13-39-27-29-15-21(16-30-27)42(5,34)35/h6-11,14-16,32H,12-13,17H2,1-5H3. The van der Waals surface area contributed by atoms with Crippen molar-refractivity contribution in [3.8, 4) is 34.5 Å². The van der Waals surface area contributed by atoms with E-state index in [9.17, 15) is 16.8 Å². The Kier molecular flexibility index (Phi) is 7.96. The van der Waals surface area contributed by atoms with Gasteiger partial charge in [0.1, 0.15) is 23.9 Å². The fourth-order valence-corrected chi connectivity index (χ4v) is 5.78. The maximum atomic E-state index is 13.5. The number of hydrogen-bond donors (Lipinski definition) is 1. The van der Waals surface area contributed by atoms with Crippen molar-refractivity contribution < 1.29 is 35.8 Å². The van der Waals surface area contributed by atoms with E-state index in [-0.39, 0.29) is 52.9 Å². The molecule has 2 aromatic heterocycles. The van der Waals surface area contributed by atoms with Gasteiger partial charge >= 0.3 is 6.01 Å². The Morgan fingerprint density at radius 1 is 0.907 bits per heavy atom. The molecule has 0 saturated heterocycles. The highest BCUT2D eigenvalue weighted by molar-refractivity contribution is 7.92. The Bertz CT molecular complexity index is 1850. The van der Waals surface area contributed by atoms with Gasteiger partial charge in [-0.2, -0.15) is 0 Å². The lowest BCUT2D eigenvalue weighted by Crippen LogP contribution is -2.17. The minimum Gasteiger partial charge on any atom is -0.472 e. The number of nitrogens with zero attached hydrogens (tertiary/aromatic N) is 4. The van der Waals surface area contributed by atoms with Crippen LogP contribution in [0, 0.1) is 0 Å². The van der Waals surface area contributed by atoms with Crippen LogP contribution >= 0.6 is 0 Å². The molecule has 0 bridgehead atoms. The van der Waals surface area contributed by atoms with E-state index in [1.165, 1.54) is 4.68 Å². The van der Waals surface area contributed by atoms with E-state index in [1.807, 2.05) is 0 Å². The molecule has 0 unspecified atom stereocenters. The number of hydrogen-bond acceptors (Lipinski definition) is 11. The third-order valence-electron chi connectivity index (χ3n) is 6.52. The summed E-state index contributed by atoms with van der Waals surface area (Å²) in [6.45, 7) is 6.22. The maximum Gasteiger partial charge on any atom is 0.316 e. The van der Waals surface area contributed by atoms with Crippen molar-refractivity contribution in [2.75, 3.05) is 31.0 Å². The van der Waals surface area contributed by atoms with Gasteiger partial charge in [0.05, 0.1) is 22.9 Å². The molecule has 2 aromatic carbocycles. The van der Waals surface area contributed by atoms with Crippen molar-refractivity contribution in [2.24, 2.45) is 7.05 Å². The minimum atomic E-state index is -4.01. The van der Waals surface area contributed by atoms with Crippen LogP contribution in [0.15, 0.2) is 64.6 Å². The second kappa shape index (κ2) is 11.4. The Labute approximate surface area is 249 Å². The third-order valence-corrected chi connectivity index (χ3v) is 8.95. The zero-order valence-corrected chi connectivity index (χ0v) is 25.8. The molecule has 0 aliphatic carbocycles. The van der Waals surface area contributed by atoms with Crippen molar-refractivity contribution in [1.29, 1.82) is 0 Å². The van der Waals surface area contributed by atoms with Gasteiger partial charge in [-0.05, 0) is 40.8 Å². The number of aromatic nitrogens is 4. The second-order valence-electron chi connectivity index (χ2n) is 10.8. The van der Waals surface area contributed by atoms with Gasteiger partial charge in [-0.25, -0.2) is 31.5 Å². The first-order valence-corrected chi connectivity index (χ1v) is 16.5. The van der Waals surface area contributed by atoms with E-state index >= 15 is 0 Å². The fraction of sp³-hybridized carbons (Fsp3) is 0.321.